The molecule has 0 bridgehead atoms. The molecule has 0 aromatic carbocycles. The van der Waals surface area contributed by atoms with Gasteiger partial charge in [0.2, 0.25) is 0 Å². The molecule has 0 rings (SSSR count). The fourth-order valence-corrected chi connectivity index (χ4v) is 0. The summed E-state index contributed by atoms with van der Waals surface area (Å²) < 4.78 is 0. The Labute approximate surface area is 72.9 Å². The van der Waals surface area contributed by atoms with Crippen LogP contribution in [-0.4, -0.2) is 67.6 Å². The van der Waals surface area contributed by atoms with Crippen molar-refractivity contribution in [1.29, 1.82) is 0 Å². The molecule has 0 aromatic heterocycles. The van der Waals surface area contributed by atoms with Crippen LogP contribution in [0.5, 0.6) is 0 Å². The van der Waals surface area contributed by atoms with E-state index in [-0.39, 0.29) is 73.8 Å². The SMILES string of the molecule is [Al+3].[In+3].[N-3].[SbH6-3]. The van der Waals surface area contributed by atoms with E-state index < -0.39 is 0 Å². The van der Waals surface area contributed by atoms with Gasteiger partial charge in [-0.05, 0) is 0 Å². The van der Waals surface area contributed by atoms with Gasteiger partial charge in [0.1, 0.15) is 0 Å². The predicted octanol–water partition coefficient (Wildman–Crippen LogP) is -2.46. The summed E-state index contributed by atoms with van der Waals surface area (Å²) in [6.07, 6.45) is 0. The Kier molecular flexibility index (Phi) is 166. The molecule has 0 N–H and O–H groups in total. The van der Waals surface area contributed by atoms with E-state index in [9.17, 15) is 0 Å². The molecule has 0 radical (unpaired) electrons. The molecule has 22 valence electrons. The molecule has 0 aliphatic heterocycles. The molecule has 0 aliphatic carbocycles. The third-order valence-corrected chi connectivity index (χ3v) is 0. The number of hydrogen-bond acceptors (Lipinski definition) is 0. The van der Waals surface area contributed by atoms with Crippen molar-refractivity contribution < 1.29 is 0 Å². The third-order valence-electron chi connectivity index (χ3n) is 0. The Morgan fingerprint density at radius 3 is 1.00 bits per heavy atom. The molecule has 0 fully saturated rings. The number of nitrogens with zero attached hydrogens (tertiary/aromatic N) is 1. The van der Waals surface area contributed by atoms with E-state index >= 15 is 0 Å². The van der Waals surface area contributed by atoms with Gasteiger partial charge in [0, 0.05) is 0 Å². The summed E-state index contributed by atoms with van der Waals surface area (Å²) >= 11 is 0. The van der Waals surface area contributed by atoms with Crippen molar-refractivity contribution in [3.8, 4) is 0 Å². The van der Waals surface area contributed by atoms with Crippen LogP contribution in [0.2, 0.25) is 0 Å². The minimum atomic E-state index is 0. The summed E-state index contributed by atoms with van der Waals surface area (Å²) in [6.45, 7) is 0. The fraction of sp³-hybridized carbons (Fsp3) is 0. The zero-order chi connectivity index (χ0) is 0. The summed E-state index contributed by atoms with van der Waals surface area (Å²) in [4.78, 5) is 0. The van der Waals surface area contributed by atoms with Crippen LogP contribution in [-0.2, 0) is 0 Å². The van der Waals surface area contributed by atoms with Gasteiger partial charge in [0.05, 0.1) is 0 Å². The van der Waals surface area contributed by atoms with Crippen molar-refractivity contribution in [3.05, 3.63) is 6.15 Å². The minimum absolute atomic E-state index is 0. The quantitative estimate of drug-likeness (QED) is 0.442. The third kappa shape index (κ3) is 8.89. The molecule has 0 amide bonds. The van der Waals surface area contributed by atoms with Crippen LogP contribution in [0.3, 0.4) is 0 Å². The van der Waals surface area contributed by atoms with Gasteiger partial charge >= 0.3 is 67.6 Å². The second-order valence-electron chi connectivity index (χ2n) is 0. The second-order valence-corrected chi connectivity index (χ2v) is 0. The topological polar surface area (TPSA) is 30.5 Å². The monoisotopic (exact) mass is 283 g/mol. The van der Waals surface area contributed by atoms with Gasteiger partial charge < -0.3 is 6.15 Å². The molecule has 0 aliphatic rings. The van der Waals surface area contributed by atoms with Crippen LogP contribution >= 0.6 is 0 Å². The van der Waals surface area contributed by atoms with Gasteiger partial charge in [-0.25, -0.2) is 0 Å². The molecule has 0 aromatic rings. The van der Waals surface area contributed by atoms with E-state index in [1.165, 1.54) is 0 Å². The number of rotatable bonds is 0. The molecule has 0 heterocycles. The average molecular weight is 284 g/mol. The van der Waals surface area contributed by atoms with Crippen LogP contribution in [0.15, 0.2) is 0 Å². The van der Waals surface area contributed by atoms with E-state index in [1.807, 2.05) is 0 Å². The zero-order valence-corrected chi connectivity index (χ0v) is 6.05. The summed E-state index contributed by atoms with van der Waals surface area (Å²) in [5.41, 5.74) is 0. The first-order chi connectivity index (χ1) is 0. The van der Waals surface area contributed by atoms with Crippen LogP contribution in [0.25, 0.3) is 6.15 Å². The Morgan fingerprint density at radius 1 is 1.00 bits per heavy atom. The van der Waals surface area contributed by atoms with Gasteiger partial charge in [-0.15, -0.1) is 0 Å². The maximum absolute atomic E-state index is 0. The molecule has 4 heteroatoms. The molecule has 0 spiro atoms. The predicted molar refractivity (Wildman–Crippen MR) is 29.0 cm³/mol. The molecule has 0 saturated carbocycles. The summed E-state index contributed by atoms with van der Waals surface area (Å²) in [7, 11) is 0. The first kappa shape index (κ1) is 34.9. The Morgan fingerprint density at radius 2 is 1.00 bits per heavy atom. The number of hydrogen-bond donors (Lipinski definition) is 0. The van der Waals surface area contributed by atoms with Crippen molar-refractivity contribution in [2.75, 3.05) is 0 Å². The van der Waals surface area contributed by atoms with E-state index in [1.54, 1.807) is 0 Å². The van der Waals surface area contributed by atoms with E-state index in [2.05, 4.69) is 0 Å². The standard InChI is InChI=1S/Al.In.N.Sb.6H/q2*+3;2*-3;;;;;;. The van der Waals surface area contributed by atoms with E-state index in [4.69, 9.17) is 0 Å². The van der Waals surface area contributed by atoms with Crippen LogP contribution in [0, 0.1) is 0 Å². The summed E-state index contributed by atoms with van der Waals surface area (Å²) in [5.74, 6) is 0. The molecule has 0 saturated heterocycles. The molecule has 4 heavy (non-hydrogen) atoms. The Hall–Kier alpha value is 2.18. The van der Waals surface area contributed by atoms with Gasteiger partial charge in [0.25, 0.3) is 0 Å². The van der Waals surface area contributed by atoms with Crippen molar-refractivity contribution in [1.82, 2.24) is 0 Å². The van der Waals surface area contributed by atoms with Crippen molar-refractivity contribution in [2.24, 2.45) is 0 Å². The summed E-state index contributed by atoms with van der Waals surface area (Å²) in [6, 6.07) is 0. The molecule has 0 unspecified atom stereocenters. The zero-order valence-electron chi connectivity index (χ0n) is 1.60. The molecule has 0 atom stereocenters. The van der Waals surface area contributed by atoms with Gasteiger partial charge in [-0.3, -0.25) is 0 Å². The van der Waals surface area contributed by atoms with E-state index in [0.717, 1.165) is 0 Å². The normalized spacial score (nSPS) is 0. The van der Waals surface area contributed by atoms with Crippen molar-refractivity contribution in [3.63, 3.8) is 0 Å². The van der Waals surface area contributed by atoms with Crippen LogP contribution in [0.4, 0.5) is 0 Å². The van der Waals surface area contributed by atoms with E-state index in [0.29, 0.717) is 0 Å². The summed E-state index contributed by atoms with van der Waals surface area (Å²) in [5, 5.41) is 0. The van der Waals surface area contributed by atoms with Gasteiger partial charge in [0.15, 0.2) is 0 Å². The molecule has 1 nitrogen and oxygen atoms in total. The molecular weight excluding hydrogens is 278 g/mol. The Bertz CT molecular complexity index is 8.00. The maximum atomic E-state index is 0. The first-order valence-electron chi connectivity index (χ1n) is 0. The first-order valence-corrected chi connectivity index (χ1v) is 0. The van der Waals surface area contributed by atoms with Gasteiger partial charge in [-0.2, -0.15) is 0 Å². The molecular formula is H6AlInNSb. The fourth-order valence-electron chi connectivity index (χ4n) is 0. The average Bonchev–Trinajstić information content (AvgIpc) is 0. The van der Waals surface area contributed by atoms with Crippen LogP contribution in [0.1, 0.15) is 0 Å². The van der Waals surface area contributed by atoms with Crippen molar-refractivity contribution >= 4 is 67.6 Å². The van der Waals surface area contributed by atoms with Gasteiger partial charge in [-0.1, -0.05) is 0 Å². The van der Waals surface area contributed by atoms with Crippen LogP contribution < -0.4 is 0 Å². The Balaban J connectivity index is 0. The second kappa shape index (κ2) is 19.0. The van der Waals surface area contributed by atoms with Crippen molar-refractivity contribution in [2.45, 2.75) is 0 Å².